The Morgan fingerprint density at radius 1 is 1.12 bits per heavy atom. The van der Waals surface area contributed by atoms with E-state index < -0.39 is 47.7 Å². The number of rotatable bonds is 5. The van der Waals surface area contributed by atoms with Crippen molar-refractivity contribution in [2.75, 3.05) is 6.61 Å². The SMILES string of the molecule is OCC1OC(Sc2ccc(Cl)c(Cl)c2)CC(n2cc(-c3cc(F)c(F)c(F)c3)nn2)C1O. The molecule has 1 aliphatic heterocycles. The third-order valence-electron chi connectivity index (χ3n) is 5.00. The third kappa shape index (κ3) is 4.75. The van der Waals surface area contributed by atoms with E-state index in [0.717, 1.165) is 17.0 Å². The van der Waals surface area contributed by atoms with Gasteiger partial charge in [-0.15, -0.1) is 5.10 Å². The zero-order chi connectivity index (χ0) is 23.0. The smallest absolute Gasteiger partial charge is 0.194 e. The molecule has 6 nitrogen and oxygen atoms in total. The molecule has 3 aromatic rings. The van der Waals surface area contributed by atoms with Crippen LogP contribution in [0.2, 0.25) is 10.0 Å². The molecule has 1 aliphatic rings. The molecule has 1 fully saturated rings. The number of aliphatic hydroxyl groups is 2. The van der Waals surface area contributed by atoms with Crippen molar-refractivity contribution in [3.8, 4) is 11.3 Å². The maximum absolute atomic E-state index is 13.6. The van der Waals surface area contributed by atoms with Crippen LogP contribution in [0, 0.1) is 17.5 Å². The topological polar surface area (TPSA) is 80.4 Å². The molecule has 0 radical (unpaired) electrons. The fraction of sp³-hybridized carbons (Fsp3) is 0.300. The second kappa shape index (κ2) is 9.58. The second-order valence-corrected chi connectivity index (χ2v) is 9.16. The van der Waals surface area contributed by atoms with E-state index in [1.165, 1.54) is 22.6 Å². The molecule has 2 aromatic carbocycles. The highest BCUT2D eigenvalue weighted by molar-refractivity contribution is 7.99. The number of nitrogens with zero attached hydrogens (tertiary/aromatic N) is 3. The van der Waals surface area contributed by atoms with Crippen LogP contribution >= 0.6 is 35.0 Å². The van der Waals surface area contributed by atoms with Crippen LogP contribution in [-0.4, -0.2) is 49.5 Å². The van der Waals surface area contributed by atoms with Gasteiger partial charge in [-0.2, -0.15) is 0 Å². The Bertz CT molecular complexity index is 1110. The molecule has 0 aliphatic carbocycles. The summed E-state index contributed by atoms with van der Waals surface area (Å²) in [6, 6.07) is 6.06. The number of benzene rings is 2. The fourth-order valence-corrected chi connectivity index (χ4v) is 4.87. The highest BCUT2D eigenvalue weighted by Crippen LogP contribution is 2.39. The first-order valence-corrected chi connectivity index (χ1v) is 11.0. The minimum absolute atomic E-state index is 0.00496. The van der Waals surface area contributed by atoms with Crippen molar-refractivity contribution >= 4 is 35.0 Å². The molecule has 32 heavy (non-hydrogen) atoms. The Balaban J connectivity index is 1.58. The summed E-state index contributed by atoms with van der Waals surface area (Å²) in [6.45, 7) is -0.438. The van der Waals surface area contributed by atoms with Crippen molar-refractivity contribution in [2.24, 2.45) is 0 Å². The Kier molecular flexibility index (Phi) is 6.99. The van der Waals surface area contributed by atoms with Crippen molar-refractivity contribution < 1.29 is 28.1 Å². The molecule has 2 heterocycles. The first kappa shape index (κ1) is 23.3. The van der Waals surface area contributed by atoms with Crippen LogP contribution in [0.3, 0.4) is 0 Å². The average molecular weight is 506 g/mol. The number of aromatic nitrogens is 3. The first-order chi connectivity index (χ1) is 15.3. The number of hydrogen-bond donors (Lipinski definition) is 2. The maximum Gasteiger partial charge on any atom is 0.194 e. The summed E-state index contributed by atoms with van der Waals surface area (Å²) in [6.07, 6.45) is -0.359. The van der Waals surface area contributed by atoms with E-state index in [4.69, 9.17) is 27.9 Å². The minimum Gasteiger partial charge on any atom is -0.394 e. The normalized spacial score (nSPS) is 23.5. The molecule has 0 amide bonds. The first-order valence-electron chi connectivity index (χ1n) is 9.39. The molecule has 12 heteroatoms. The molecule has 4 atom stereocenters. The van der Waals surface area contributed by atoms with Gasteiger partial charge in [-0.1, -0.05) is 40.2 Å². The molecule has 0 bridgehead atoms. The predicted octanol–water partition coefficient (Wildman–Crippen LogP) is 4.47. The fourth-order valence-electron chi connectivity index (χ4n) is 3.38. The molecule has 4 unspecified atom stereocenters. The lowest BCUT2D eigenvalue weighted by molar-refractivity contribution is -0.130. The lowest BCUT2D eigenvalue weighted by atomic mass is 10.00. The Morgan fingerprint density at radius 2 is 1.84 bits per heavy atom. The van der Waals surface area contributed by atoms with Crippen LogP contribution < -0.4 is 0 Å². The van der Waals surface area contributed by atoms with Crippen LogP contribution in [-0.2, 0) is 4.74 Å². The highest BCUT2D eigenvalue weighted by atomic mass is 35.5. The van der Waals surface area contributed by atoms with Crippen molar-refractivity contribution in [3.05, 3.63) is 64.0 Å². The summed E-state index contributed by atoms with van der Waals surface area (Å²) in [5.41, 5.74) is -0.392. The minimum atomic E-state index is -1.58. The summed E-state index contributed by atoms with van der Waals surface area (Å²) in [4.78, 5) is 0.771. The summed E-state index contributed by atoms with van der Waals surface area (Å²) >= 11 is 13.3. The molecule has 2 N–H and O–H groups in total. The lowest BCUT2D eigenvalue weighted by Crippen LogP contribution is -2.47. The largest absolute Gasteiger partial charge is 0.394 e. The van der Waals surface area contributed by atoms with E-state index in [0.29, 0.717) is 10.0 Å². The van der Waals surface area contributed by atoms with Crippen molar-refractivity contribution in [2.45, 2.75) is 35.0 Å². The van der Waals surface area contributed by atoms with Crippen LogP contribution in [0.15, 0.2) is 41.4 Å². The zero-order valence-corrected chi connectivity index (χ0v) is 18.5. The van der Waals surface area contributed by atoms with Crippen LogP contribution in [0.25, 0.3) is 11.3 Å². The molecular weight excluding hydrogens is 490 g/mol. The maximum atomic E-state index is 13.6. The third-order valence-corrected chi connectivity index (χ3v) is 6.84. The summed E-state index contributed by atoms with van der Waals surface area (Å²) in [5, 5.41) is 29.0. The van der Waals surface area contributed by atoms with E-state index >= 15 is 0 Å². The highest BCUT2D eigenvalue weighted by Gasteiger charge is 2.39. The van der Waals surface area contributed by atoms with E-state index in [-0.39, 0.29) is 17.7 Å². The van der Waals surface area contributed by atoms with Gasteiger partial charge in [0.2, 0.25) is 0 Å². The second-order valence-electron chi connectivity index (χ2n) is 7.11. The lowest BCUT2D eigenvalue weighted by Gasteiger charge is -2.38. The number of aliphatic hydroxyl groups excluding tert-OH is 2. The Labute approximate surface area is 194 Å². The van der Waals surface area contributed by atoms with Gasteiger partial charge in [0.15, 0.2) is 17.5 Å². The summed E-state index contributed by atoms with van der Waals surface area (Å²) < 4.78 is 47.5. The molecule has 4 rings (SSSR count). The van der Waals surface area contributed by atoms with Crippen molar-refractivity contribution in [1.82, 2.24) is 15.0 Å². The monoisotopic (exact) mass is 505 g/mol. The standard InChI is InChI=1S/C20H16Cl2F3N3O3S/c21-11-2-1-10(5-12(11)22)32-18-6-16(20(30)17(8-29)31-18)28-7-15(26-27-28)9-3-13(23)19(25)14(24)4-9/h1-5,7,16-18,20,29-30H,6,8H2. The van der Waals surface area contributed by atoms with Gasteiger partial charge in [0.25, 0.3) is 0 Å². The van der Waals surface area contributed by atoms with Crippen LogP contribution in [0.4, 0.5) is 13.2 Å². The van der Waals surface area contributed by atoms with Crippen molar-refractivity contribution in [3.63, 3.8) is 0 Å². The van der Waals surface area contributed by atoms with Gasteiger partial charge >= 0.3 is 0 Å². The molecular formula is C20H16Cl2F3N3O3S. The van der Waals surface area contributed by atoms with E-state index in [2.05, 4.69) is 10.3 Å². The van der Waals surface area contributed by atoms with Crippen molar-refractivity contribution in [1.29, 1.82) is 0 Å². The quantitative estimate of drug-likeness (QED) is 0.498. The van der Waals surface area contributed by atoms with Crippen LogP contribution in [0.5, 0.6) is 0 Å². The summed E-state index contributed by atoms with van der Waals surface area (Å²) in [5.74, 6) is -4.27. The molecule has 1 aromatic heterocycles. The zero-order valence-electron chi connectivity index (χ0n) is 16.1. The predicted molar refractivity (Wildman–Crippen MR) is 113 cm³/mol. The number of ether oxygens (including phenoxy) is 1. The van der Waals surface area contributed by atoms with Gasteiger partial charge in [-0.05, 0) is 30.3 Å². The molecule has 0 saturated carbocycles. The van der Waals surface area contributed by atoms with E-state index in [1.807, 2.05) is 0 Å². The van der Waals surface area contributed by atoms with Gasteiger partial charge in [0, 0.05) is 16.9 Å². The van der Waals surface area contributed by atoms with E-state index in [9.17, 15) is 23.4 Å². The molecule has 1 saturated heterocycles. The number of thioether (sulfide) groups is 1. The van der Waals surface area contributed by atoms with Gasteiger partial charge in [0.05, 0.1) is 28.9 Å². The number of hydrogen-bond acceptors (Lipinski definition) is 6. The van der Waals surface area contributed by atoms with Gasteiger partial charge < -0.3 is 14.9 Å². The molecule has 170 valence electrons. The van der Waals surface area contributed by atoms with Gasteiger partial charge in [0.1, 0.15) is 23.3 Å². The van der Waals surface area contributed by atoms with E-state index in [1.54, 1.807) is 18.2 Å². The number of halogens is 5. The van der Waals surface area contributed by atoms with Gasteiger partial charge in [-0.25, -0.2) is 17.9 Å². The molecule has 0 spiro atoms. The average Bonchev–Trinajstić information content (AvgIpc) is 3.25. The summed E-state index contributed by atoms with van der Waals surface area (Å²) in [7, 11) is 0. The Morgan fingerprint density at radius 3 is 2.50 bits per heavy atom. The van der Waals surface area contributed by atoms with Crippen LogP contribution in [0.1, 0.15) is 12.5 Å². The Hall–Kier alpha value is -1.82. The van der Waals surface area contributed by atoms with Gasteiger partial charge in [-0.3, -0.25) is 0 Å².